The molecule has 0 radical (unpaired) electrons. The zero-order valence-electron chi connectivity index (χ0n) is 9.61. The molecule has 1 heterocycles. The lowest BCUT2D eigenvalue weighted by atomic mass is 10.2. The highest BCUT2D eigenvalue weighted by Crippen LogP contribution is 2.11. The van der Waals surface area contributed by atoms with Crippen LogP contribution in [0.4, 0.5) is 5.82 Å². The summed E-state index contributed by atoms with van der Waals surface area (Å²) in [4.78, 5) is 6.47. The zero-order chi connectivity index (χ0) is 11.1. The van der Waals surface area contributed by atoms with Crippen LogP contribution in [0.15, 0.2) is 18.3 Å². The summed E-state index contributed by atoms with van der Waals surface area (Å²) in [6.45, 7) is 3.37. The van der Waals surface area contributed by atoms with Crippen LogP contribution in [-0.2, 0) is 0 Å². The van der Waals surface area contributed by atoms with Crippen LogP contribution in [0.3, 0.4) is 0 Å². The van der Waals surface area contributed by atoms with E-state index >= 15 is 0 Å². The van der Waals surface area contributed by atoms with Gasteiger partial charge in [0.1, 0.15) is 5.82 Å². The van der Waals surface area contributed by atoms with Gasteiger partial charge in [-0.3, -0.25) is 0 Å². The van der Waals surface area contributed by atoms with Crippen LogP contribution in [0.5, 0.6) is 0 Å². The number of unbranched alkanes of at least 4 members (excludes halogenated alkanes) is 2. The Bertz CT molecular complexity index is 289. The quantitative estimate of drug-likeness (QED) is 0.726. The molecule has 1 aromatic rings. The molecule has 0 aliphatic carbocycles. The minimum Gasteiger partial charge on any atom is -0.396 e. The number of nitrogens with zero attached hydrogens (tertiary/aromatic N) is 2. The number of pyridine rings is 1. The summed E-state index contributed by atoms with van der Waals surface area (Å²) in [5.41, 5.74) is 1.24. The van der Waals surface area contributed by atoms with Crippen LogP contribution in [0.2, 0.25) is 0 Å². The second-order valence-corrected chi connectivity index (χ2v) is 3.90. The van der Waals surface area contributed by atoms with Crippen LogP contribution in [0, 0.1) is 6.92 Å². The predicted octanol–water partition coefficient (Wildman–Crippen LogP) is 1.99. The minimum absolute atomic E-state index is 0.298. The molecule has 0 aliphatic heterocycles. The third-order valence-electron chi connectivity index (χ3n) is 2.44. The third-order valence-corrected chi connectivity index (χ3v) is 2.44. The molecule has 0 unspecified atom stereocenters. The van der Waals surface area contributed by atoms with Gasteiger partial charge < -0.3 is 10.0 Å². The number of aryl methyl sites for hydroxylation is 1. The summed E-state index contributed by atoms with van der Waals surface area (Å²) in [6.07, 6.45) is 4.92. The molecule has 1 N–H and O–H groups in total. The summed E-state index contributed by atoms with van der Waals surface area (Å²) in [5, 5.41) is 8.66. The lowest BCUT2D eigenvalue weighted by Crippen LogP contribution is -2.19. The van der Waals surface area contributed by atoms with Crippen molar-refractivity contribution in [2.24, 2.45) is 0 Å². The maximum absolute atomic E-state index is 8.66. The van der Waals surface area contributed by atoms with Crippen LogP contribution in [-0.4, -0.2) is 30.3 Å². The maximum Gasteiger partial charge on any atom is 0.128 e. The van der Waals surface area contributed by atoms with Crippen molar-refractivity contribution in [3.63, 3.8) is 0 Å². The highest BCUT2D eigenvalue weighted by molar-refractivity contribution is 5.39. The van der Waals surface area contributed by atoms with Crippen molar-refractivity contribution in [3.05, 3.63) is 23.9 Å². The first-order valence-electron chi connectivity index (χ1n) is 5.48. The third kappa shape index (κ3) is 4.30. The molecule has 0 saturated carbocycles. The standard InChI is InChI=1S/C12H20N2O/c1-11-6-7-13-12(10-11)14(2)8-4-3-5-9-15/h6-7,10,15H,3-5,8-9H2,1-2H3. The first kappa shape index (κ1) is 12.0. The lowest BCUT2D eigenvalue weighted by Gasteiger charge is -2.18. The number of aliphatic hydroxyl groups excluding tert-OH is 1. The summed E-state index contributed by atoms with van der Waals surface area (Å²) < 4.78 is 0. The molecule has 0 bridgehead atoms. The maximum atomic E-state index is 8.66. The molecular formula is C12H20N2O. The van der Waals surface area contributed by atoms with Gasteiger partial charge in [-0.1, -0.05) is 0 Å². The fourth-order valence-corrected chi connectivity index (χ4v) is 1.48. The fourth-order valence-electron chi connectivity index (χ4n) is 1.48. The summed E-state index contributed by atoms with van der Waals surface area (Å²) >= 11 is 0. The molecular weight excluding hydrogens is 188 g/mol. The molecule has 0 amide bonds. The predicted molar refractivity (Wildman–Crippen MR) is 63.2 cm³/mol. The molecule has 1 aromatic heterocycles. The number of rotatable bonds is 6. The van der Waals surface area contributed by atoms with Crippen molar-refractivity contribution in [2.45, 2.75) is 26.2 Å². The molecule has 0 aromatic carbocycles. The fraction of sp³-hybridized carbons (Fsp3) is 0.583. The van der Waals surface area contributed by atoms with Gasteiger partial charge in [0.2, 0.25) is 0 Å². The molecule has 0 saturated heterocycles. The average Bonchev–Trinajstić information content (AvgIpc) is 2.24. The van der Waals surface area contributed by atoms with Gasteiger partial charge in [-0.25, -0.2) is 4.98 Å². The van der Waals surface area contributed by atoms with Crippen LogP contribution in [0.1, 0.15) is 24.8 Å². The van der Waals surface area contributed by atoms with E-state index < -0.39 is 0 Å². The monoisotopic (exact) mass is 208 g/mol. The van der Waals surface area contributed by atoms with Crippen molar-refractivity contribution >= 4 is 5.82 Å². The van der Waals surface area contributed by atoms with Crippen molar-refractivity contribution in [1.29, 1.82) is 0 Å². The highest BCUT2D eigenvalue weighted by Gasteiger charge is 2.01. The summed E-state index contributed by atoms with van der Waals surface area (Å²) in [7, 11) is 2.06. The van der Waals surface area contributed by atoms with Gasteiger partial charge in [0.05, 0.1) is 0 Å². The Balaban J connectivity index is 2.36. The van der Waals surface area contributed by atoms with E-state index in [1.165, 1.54) is 5.56 Å². The van der Waals surface area contributed by atoms with Gasteiger partial charge in [-0.15, -0.1) is 0 Å². The molecule has 3 heteroatoms. The molecule has 0 spiro atoms. The van der Waals surface area contributed by atoms with E-state index in [0.29, 0.717) is 6.61 Å². The van der Waals surface area contributed by atoms with Gasteiger partial charge >= 0.3 is 0 Å². The summed E-state index contributed by atoms with van der Waals surface area (Å²) in [6, 6.07) is 4.09. The SMILES string of the molecule is Cc1ccnc(N(C)CCCCCO)c1. The Hall–Kier alpha value is -1.09. The highest BCUT2D eigenvalue weighted by atomic mass is 16.2. The number of anilines is 1. The Morgan fingerprint density at radius 1 is 1.33 bits per heavy atom. The topological polar surface area (TPSA) is 36.4 Å². The van der Waals surface area contributed by atoms with Gasteiger partial charge in [0.15, 0.2) is 0 Å². The van der Waals surface area contributed by atoms with E-state index in [0.717, 1.165) is 31.6 Å². The van der Waals surface area contributed by atoms with Gasteiger partial charge in [0.25, 0.3) is 0 Å². The number of hydrogen-bond acceptors (Lipinski definition) is 3. The second kappa shape index (κ2) is 6.40. The normalized spacial score (nSPS) is 10.3. The first-order valence-corrected chi connectivity index (χ1v) is 5.48. The van der Waals surface area contributed by atoms with Gasteiger partial charge in [-0.2, -0.15) is 0 Å². The zero-order valence-corrected chi connectivity index (χ0v) is 9.61. The molecule has 84 valence electrons. The van der Waals surface area contributed by atoms with Gasteiger partial charge in [0, 0.05) is 26.4 Å². The Morgan fingerprint density at radius 3 is 2.80 bits per heavy atom. The molecule has 0 atom stereocenters. The van der Waals surface area contributed by atoms with E-state index in [4.69, 9.17) is 5.11 Å². The molecule has 3 nitrogen and oxygen atoms in total. The van der Waals surface area contributed by atoms with Crippen molar-refractivity contribution in [2.75, 3.05) is 25.1 Å². The Kier molecular flexibility index (Phi) is 5.12. The van der Waals surface area contributed by atoms with E-state index in [-0.39, 0.29) is 0 Å². The largest absolute Gasteiger partial charge is 0.396 e. The average molecular weight is 208 g/mol. The van der Waals surface area contributed by atoms with E-state index in [1.54, 1.807) is 0 Å². The Labute approximate surface area is 91.8 Å². The lowest BCUT2D eigenvalue weighted by molar-refractivity contribution is 0.283. The number of aromatic nitrogens is 1. The molecule has 1 rings (SSSR count). The van der Waals surface area contributed by atoms with E-state index in [9.17, 15) is 0 Å². The van der Waals surface area contributed by atoms with E-state index in [1.807, 2.05) is 12.3 Å². The number of hydrogen-bond donors (Lipinski definition) is 1. The van der Waals surface area contributed by atoms with Crippen molar-refractivity contribution in [1.82, 2.24) is 4.98 Å². The first-order chi connectivity index (χ1) is 7.24. The van der Waals surface area contributed by atoms with Crippen LogP contribution >= 0.6 is 0 Å². The van der Waals surface area contributed by atoms with Crippen molar-refractivity contribution in [3.8, 4) is 0 Å². The summed E-state index contributed by atoms with van der Waals surface area (Å²) in [5.74, 6) is 1.03. The second-order valence-electron chi connectivity index (χ2n) is 3.90. The van der Waals surface area contributed by atoms with Crippen molar-refractivity contribution < 1.29 is 5.11 Å². The molecule has 0 fully saturated rings. The van der Waals surface area contributed by atoms with Crippen LogP contribution in [0.25, 0.3) is 0 Å². The van der Waals surface area contributed by atoms with Crippen LogP contribution < -0.4 is 4.90 Å². The number of aliphatic hydroxyl groups is 1. The Morgan fingerprint density at radius 2 is 2.13 bits per heavy atom. The van der Waals surface area contributed by atoms with Gasteiger partial charge in [-0.05, 0) is 43.9 Å². The molecule has 0 aliphatic rings. The van der Waals surface area contributed by atoms with E-state index in [2.05, 4.69) is 29.9 Å². The smallest absolute Gasteiger partial charge is 0.128 e. The minimum atomic E-state index is 0.298. The molecule has 15 heavy (non-hydrogen) atoms.